The highest BCUT2D eigenvalue weighted by Gasteiger charge is 2.31. The van der Waals surface area contributed by atoms with Crippen molar-refractivity contribution in [2.45, 2.75) is 52.5 Å². The number of carbonyl (C=O) groups excluding carboxylic acids is 2. The fraction of sp³-hybridized carbons (Fsp3) is 0.385. The standard InChI is InChI=1S/C26H29N5O2S2/c1-4-18-8-10-19(11-9-18)23-21(29-17(3)35-23)25(33)30-12-6-5-7-20(30)15-27-24(32)22-16(2)28-26-31(22)13-14-34-26/h8-11,13-14,20H,4-7,12,15H2,1-3H3,(H,27,32)/t20-/m0/s1. The third-order valence-electron chi connectivity index (χ3n) is 6.60. The number of hydrogen-bond acceptors (Lipinski definition) is 6. The van der Waals surface area contributed by atoms with Crippen LogP contribution in [0.15, 0.2) is 35.8 Å². The lowest BCUT2D eigenvalue weighted by molar-refractivity contribution is 0.0597. The first-order valence-electron chi connectivity index (χ1n) is 12.0. The monoisotopic (exact) mass is 507 g/mol. The number of nitrogens with zero attached hydrogens (tertiary/aromatic N) is 4. The van der Waals surface area contributed by atoms with E-state index in [1.54, 1.807) is 11.3 Å². The highest BCUT2D eigenvalue weighted by atomic mass is 32.1. The second-order valence-electron chi connectivity index (χ2n) is 8.92. The Morgan fingerprint density at radius 3 is 2.71 bits per heavy atom. The molecular weight excluding hydrogens is 478 g/mol. The van der Waals surface area contributed by atoms with Crippen LogP contribution in [-0.4, -0.2) is 50.2 Å². The fourth-order valence-electron chi connectivity index (χ4n) is 4.74. The SMILES string of the molecule is CCc1ccc(-c2sc(C)nc2C(=O)N2CCCC[C@H]2CNC(=O)c2c(C)nc3sccn23)cc1. The van der Waals surface area contributed by atoms with Crippen molar-refractivity contribution in [3.63, 3.8) is 0 Å². The van der Waals surface area contributed by atoms with Gasteiger partial charge in [-0.3, -0.25) is 14.0 Å². The van der Waals surface area contributed by atoms with E-state index < -0.39 is 0 Å². The van der Waals surface area contributed by atoms with Crippen molar-refractivity contribution in [1.82, 2.24) is 24.6 Å². The van der Waals surface area contributed by atoms with Crippen LogP contribution in [0.5, 0.6) is 0 Å². The first kappa shape index (κ1) is 23.7. The largest absolute Gasteiger partial charge is 0.349 e. The Labute approximate surface area is 212 Å². The molecular formula is C26H29N5O2S2. The molecule has 0 aliphatic carbocycles. The third kappa shape index (κ3) is 4.62. The second kappa shape index (κ2) is 9.91. The summed E-state index contributed by atoms with van der Waals surface area (Å²) in [6.45, 7) is 7.01. The summed E-state index contributed by atoms with van der Waals surface area (Å²) in [5.74, 6) is -0.212. The van der Waals surface area contributed by atoms with Crippen LogP contribution >= 0.6 is 22.7 Å². The minimum absolute atomic E-state index is 0.0522. The molecule has 1 atom stereocenters. The lowest BCUT2D eigenvalue weighted by Gasteiger charge is -2.35. The van der Waals surface area contributed by atoms with Gasteiger partial charge in [0.05, 0.1) is 15.6 Å². The van der Waals surface area contributed by atoms with Gasteiger partial charge in [-0.1, -0.05) is 31.2 Å². The normalized spacial score (nSPS) is 16.1. The molecule has 0 radical (unpaired) electrons. The molecule has 2 amide bonds. The van der Waals surface area contributed by atoms with Gasteiger partial charge in [0, 0.05) is 30.7 Å². The van der Waals surface area contributed by atoms with E-state index in [0.29, 0.717) is 30.2 Å². The molecule has 0 saturated carbocycles. The predicted octanol–water partition coefficient (Wildman–Crippen LogP) is 5.12. The topological polar surface area (TPSA) is 79.6 Å². The number of imidazole rings is 1. The number of rotatable bonds is 6. The number of piperidine rings is 1. The Bertz CT molecular complexity index is 1370. The number of likely N-dealkylation sites (tertiary alicyclic amines) is 1. The molecule has 5 rings (SSSR count). The minimum Gasteiger partial charge on any atom is -0.349 e. The molecule has 182 valence electrons. The van der Waals surface area contributed by atoms with Crippen LogP contribution in [0.25, 0.3) is 15.4 Å². The van der Waals surface area contributed by atoms with Crippen LogP contribution in [0.1, 0.15) is 63.4 Å². The lowest BCUT2D eigenvalue weighted by Crippen LogP contribution is -2.49. The van der Waals surface area contributed by atoms with Gasteiger partial charge in [-0.15, -0.1) is 22.7 Å². The number of nitrogens with one attached hydrogen (secondary N) is 1. The van der Waals surface area contributed by atoms with Crippen molar-refractivity contribution in [2.75, 3.05) is 13.1 Å². The summed E-state index contributed by atoms with van der Waals surface area (Å²) in [6.07, 6.45) is 5.69. The van der Waals surface area contributed by atoms with Crippen molar-refractivity contribution in [3.05, 3.63) is 63.5 Å². The maximum Gasteiger partial charge on any atom is 0.274 e. The Morgan fingerprint density at radius 2 is 1.94 bits per heavy atom. The zero-order valence-corrected chi connectivity index (χ0v) is 21.8. The van der Waals surface area contributed by atoms with Gasteiger partial charge < -0.3 is 10.2 Å². The molecule has 1 aliphatic rings. The summed E-state index contributed by atoms with van der Waals surface area (Å²) in [7, 11) is 0. The van der Waals surface area contributed by atoms with Gasteiger partial charge in [-0.2, -0.15) is 0 Å². The van der Waals surface area contributed by atoms with E-state index in [0.717, 1.165) is 46.1 Å². The quantitative estimate of drug-likeness (QED) is 0.393. The Balaban J connectivity index is 1.35. The number of amides is 2. The summed E-state index contributed by atoms with van der Waals surface area (Å²) >= 11 is 3.06. The van der Waals surface area contributed by atoms with Crippen LogP contribution < -0.4 is 5.32 Å². The molecule has 0 bridgehead atoms. The summed E-state index contributed by atoms with van der Waals surface area (Å²) in [5, 5.41) is 5.87. The first-order valence-corrected chi connectivity index (χ1v) is 13.7. The van der Waals surface area contributed by atoms with E-state index in [1.165, 1.54) is 16.9 Å². The van der Waals surface area contributed by atoms with Crippen molar-refractivity contribution in [3.8, 4) is 10.4 Å². The lowest BCUT2D eigenvalue weighted by atomic mass is 10.0. The van der Waals surface area contributed by atoms with Gasteiger partial charge in [-0.25, -0.2) is 9.97 Å². The van der Waals surface area contributed by atoms with E-state index in [-0.39, 0.29) is 17.9 Å². The summed E-state index contributed by atoms with van der Waals surface area (Å²) in [5.41, 5.74) is 4.07. The highest BCUT2D eigenvalue weighted by Crippen LogP contribution is 2.32. The first-order chi connectivity index (χ1) is 17.0. The Kier molecular flexibility index (Phi) is 6.71. The predicted molar refractivity (Wildman–Crippen MR) is 140 cm³/mol. The molecule has 7 nitrogen and oxygen atoms in total. The number of aryl methyl sites for hydroxylation is 3. The molecule has 1 fully saturated rings. The van der Waals surface area contributed by atoms with Crippen LogP contribution in [0.4, 0.5) is 0 Å². The van der Waals surface area contributed by atoms with E-state index in [2.05, 4.69) is 46.5 Å². The van der Waals surface area contributed by atoms with E-state index >= 15 is 0 Å². The number of hydrogen-bond donors (Lipinski definition) is 1. The summed E-state index contributed by atoms with van der Waals surface area (Å²) < 4.78 is 1.83. The van der Waals surface area contributed by atoms with E-state index in [1.807, 2.05) is 34.7 Å². The number of thiazole rings is 2. The molecule has 4 heterocycles. The van der Waals surface area contributed by atoms with Crippen LogP contribution in [0, 0.1) is 13.8 Å². The van der Waals surface area contributed by atoms with E-state index in [4.69, 9.17) is 0 Å². The van der Waals surface area contributed by atoms with Crippen molar-refractivity contribution in [1.29, 1.82) is 0 Å². The van der Waals surface area contributed by atoms with Gasteiger partial charge in [0.2, 0.25) is 0 Å². The van der Waals surface area contributed by atoms with Gasteiger partial charge in [0.1, 0.15) is 11.4 Å². The molecule has 1 N–H and O–H groups in total. The highest BCUT2D eigenvalue weighted by molar-refractivity contribution is 7.15. The van der Waals surface area contributed by atoms with Gasteiger partial charge >= 0.3 is 0 Å². The average molecular weight is 508 g/mol. The summed E-state index contributed by atoms with van der Waals surface area (Å²) in [4.78, 5) is 39.5. The molecule has 0 spiro atoms. The van der Waals surface area contributed by atoms with Crippen molar-refractivity contribution < 1.29 is 9.59 Å². The maximum atomic E-state index is 13.8. The van der Waals surface area contributed by atoms with Crippen molar-refractivity contribution >= 4 is 39.4 Å². The minimum atomic E-state index is -0.160. The number of fused-ring (bicyclic) bond motifs is 1. The molecule has 1 aliphatic heterocycles. The van der Waals surface area contributed by atoms with Crippen molar-refractivity contribution in [2.24, 2.45) is 0 Å². The number of benzene rings is 1. The number of aromatic nitrogens is 3. The molecule has 35 heavy (non-hydrogen) atoms. The smallest absolute Gasteiger partial charge is 0.274 e. The van der Waals surface area contributed by atoms with E-state index in [9.17, 15) is 9.59 Å². The molecule has 4 aromatic rings. The zero-order chi connectivity index (χ0) is 24.5. The zero-order valence-electron chi connectivity index (χ0n) is 20.2. The van der Waals surface area contributed by atoms with Crippen LogP contribution in [0.2, 0.25) is 0 Å². The number of carbonyl (C=O) groups is 2. The Morgan fingerprint density at radius 1 is 1.14 bits per heavy atom. The van der Waals surface area contributed by atoms with Gasteiger partial charge in [0.25, 0.3) is 11.8 Å². The molecule has 1 aromatic carbocycles. The molecule has 9 heteroatoms. The van der Waals surface area contributed by atoms with Gasteiger partial charge in [0.15, 0.2) is 4.96 Å². The molecule has 0 unspecified atom stereocenters. The maximum absolute atomic E-state index is 13.8. The third-order valence-corrected chi connectivity index (χ3v) is 8.38. The summed E-state index contributed by atoms with van der Waals surface area (Å²) in [6, 6.07) is 8.32. The van der Waals surface area contributed by atoms with Crippen LogP contribution in [-0.2, 0) is 6.42 Å². The average Bonchev–Trinajstić information content (AvgIpc) is 3.56. The fourth-order valence-corrected chi connectivity index (χ4v) is 6.41. The molecule has 1 saturated heterocycles. The van der Waals surface area contributed by atoms with Crippen LogP contribution in [0.3, 0.4) is 0 Å². The second-order valence-corrected chi connectivity index (χ2v) is 11.0. The van der Waals surface area contributed by atoms with Gasteiger partial charge in [-0.05, 0) is 50.7 Å². The molecule has 3 aromatic heterocycles. The Hall–Kier alpha value is -3.04.